The molecule has 9 rings (SSSR count). The number of carbonyl (C=O) groups excluding carboxylic acids is 3. The largest absolute Gasteiger partial charge is 0.463 e. The van der Waals surface area contributed by atoms with Crippen LogP contribution in [0.1, 0.15) is 104 Å². The second kappa shape index (κ2) is 16.6. The number of aromatic nitrogens is 3. The first kappa shape index (κ1) is 39.6. The van der Waals surface area contributed by atoms with Gasteiger partial charge in [-0.1, -0.05) is 18.2 Å². The monoisotopic (exact) mass is 804 g/mol. The second-order valence-electron chi connectivity index (χ2n) is 18.0. The first-order valence-electron chi connectivity index (χ1n) is 21.8. The number of halogens is 1. The highest BCUT2D eigenvalue weighted by Gasteiger charge is 2.40. The molecule has 4 atom stereocenters. The van der Waals surface area contributed by atoms with E-state index in [-0.39, 0.29) is 30.2 Å². The minimum Gasteiger partial charge on any atom is -0.463 e. The molecule has 2 N–H and O–H groups in total. The van der Waals surface area contributed by atoms with E-state index in [9.17, 15) is 18.8 Å². The maximum atomic E-state index is 15.0. The molecule has 13 heteroatoms. The van der Waals surface area contributed by atoms with Crippen LogP contribution < -0.4 is 15.0 Å². The van der Waals surface area contributed by atoms with E-state index < -0.39 is 11.7 Å². The number of hydrogen-bond donors (Lipinski definition) is 2. The number of fused-ring (bicyclic) bond motifs is 5. The van der Waals surface area contributed by atoms with E-state index in [1.54, 1.807) is 18.7 Å². The molecule has 2 aromatic carbocycles. The van der Waals surface area contributed by atoms with Gasteiger partial charge in [-0.3, -0.25) is 24.6 Å². The van der Waals surface area contributed by atoms with Crippen LogP contribution in [0.5, 0.6) is 6.01 Å². The number of nitrogens with one attached hydrogen (secondary N) is 2. The fourth-order valence-corrected chi connectivity index (χ4v) is 10.5. The molecule has 0 aliphatic carbocycles. The Bertz CT molecular complexity index is 2190. The van der Waals surface area contributed by atoms with Crippen LogP contribution in [0.2, 0.25) is 0 Å². The lowest BCUT2D eigenvalue weighted by Crippen LogP contribution is -2.52. The number of imide groups is 1. The molecule has 7 heterocycles. The highest BCUT2D eigenvalue weighted by molar-refractivity contribution is 6.05. The van der Waals surface area contributed by atoms with Crippen molar-refractivity contribution >= 4 is 34.3 Å². The van der Waals surface area contributed by atoms with Gasteiger partial charge >= 0.3 is 6.01 Å². The zero-order chi connectivity index (χ0) is 40.7. The summed E-state index contributed by atoms with van der Waals surface area (Å²) in [5.41, 5.74) is 5.87. The average Bonchev–Trinajstić information content (AvgIpc) is 3.67. The Morgan fingerprint density at radius 1 is 0.898 bits per heavy atom. The highest BCUT2D eigenvalue weighted by Crippen LogP contribution is 2.40. The van der Waals surface area contributed by atoms with Crippen molar-refractivity contribution in [2.45, 2.75) is 95.9 Å². The van der Waals surface area contributed by atoms with Gasteiger partial charge in [-0.15, -0.1) is 0 Å². The van der Waals surface area contributed by atoms with E-state index in [1.807, 2.05) is 24.5 Å². The lowest BCUT2D eigenvalue weighted by Gasteiger charge is -2.38. The number of nitrogens with zero attached hydrogens (tertiary/aromatic N) is 6. The third-order valence-corrected chi connectivity index (χ3v) is 13.4. The van der Waals surface area contributed by atoms with Crippen LogP contribution >= 0.6 is 0 Å². The van der Waals surface area contributed by atoms with Crippen molar-refractivity contribution in [3.63, 3.8) is 0 Å². The van der Waals surface area contributed by atoms with Gasteiger partial charge < -0.3 is 24.4 Å². The molecule has 3 amide bonds. The zero-order valence-corrected chi connectivity index (χ0v) is 34.4. The van der Waals surface area contributed by atoms with Crippen LogP contribution in [0.25, 0.3) is 10.9 Å². The molecule has 5 aliphatic rings. The van der Waals surface area contributed by atoms with Crippen LogP contribution in [0.15, 0.2) is 54.9 Å². The Hall–Kier alpha value is -4.88. The van der Waals surface area contributed by atoms with E-state index in [0.717, 1.165) is 105 Å². The van der Waals surface area contributed by atoms with Gasteiger partial charge in [-0.25, -0.2) is 14.4 Å². The van der Waals surface area contributed by atoms with E-state index >= 15 is 0 Å². The number of alkyl halides is 1. The minimum absolute atomic E-state index is 0.122. The summed E-state index contributed by atoms with van der Waals surface area (Å²) in [6.45, 7) is 10.7. The first-order chi connectivity index (χ1) is 28.6. The molecular formula is C46H57FN8O4. The van der Waals surface area contributed by atoms with Crippen molar-refractivity contribution in [1.29, 1.82) is 0 Å². The molecule has 2 aromatic heterocycles. The van der Waals surface area contributed by atoms with E-state index in [1.165, 1.54) is 23.8 Å². The molecule has 3 saturated heterocycles. The number of ether oxygens (including phenoxy) is 1. The van der Waals surface area contributed by atoms with Crippen LogP contribution in [0.4, 0.5) is 10.1 Å². The van der Waals surface area contributed by atoms with Crippen LogP contribution in [-0.4, -0.2) is 112 Å². The molecule has 0 spiro atoms. The van der Waals surface area contributed by atoms with Crippen molar-refractivity contribution in [3.05, 3.63) is 82.8 Å². The number of likely N-dealkylation sites (tertiary alicyclic amines) is 1. The predicted octanol–water partition coefficient (Wildman–Crippen LogP) is 6.20. The molecule has 312 valence electrons. The Kier molecular flexibility index (Phi) is 11.2. The molecule has 3 unspecified atom stereocenters. The summed E-state index contributed by atoms with van der Waals surface area (Å²) < 4.78 is 21.0. The van der Waals surface area contributed by atoms with Crippen molar-refractivity contribution in [2.75, 3.05) is 57.3 Å². The summed E-state index contributed by atoms with van der Waals surface area (Å²) in [5.74, 6) is 0.653. The Morgan fingerprint density at radius 2 is 1.69 bits per heavy atom. The maximum Gasteiger partial charge on any atom is 0.316 e. The van der Waals surface area contributed by atoms with Gasteiger partial charge in [0.05, 0.1) is 12.6 Å². The quantitative estimate of drug-likeness (QED) is 0.127. The third kappa shape index (κ3) is 8.46. The predicted molar refractivity (Wildman–Crippen MR) is 224 cm³/mol. The van der Waals surface area contributed by atoms with Gasteiger partial charge in [0.25, 0.3) is 5.91 Å². The van der Waals surface area contributed by atoms with Crippen LogP contribution in [0.3, 0.4) is 0 Å². The smallest absolute Gasteiger partial charge is 0.316 e. The standard InChI is InChI=1S/C46H57FN8O4/c1-46(2,47)29-54-22-17-37-36-8-4-5-9-38(36)50-41(37)42(54)33-25-48-45(49-26-33)59-23-7-3-6-18-52-19-14-30-15-20-53(21-16-31(30)27-52)34-10-11-35-32(24-34)28-55(44(35)58)39-12-13-40(56)51-43(39)57/h4-5,8-11,24-26,30-31,39,42,50H,3,6-7,12-23,27-29H2,1-2H3,(H,51,56,57)/t30?,31?,39?,42-/m1/s1. The van der Waals surface area contributed by atoms with Crippen molar-refractivity contribution in [2.24, 2.45) is 11.8 Å². The Labute approximate surface area is 345 Å². The van der Waals surface area contributed by atoms with Gasteiger partial charge in [0.1, 0.15) is 11.7 Å². The van der Waals surface area contributed by atoms with Crippen LogP contribution in [0, 0.1) is 11.8 Å². The number of hydrogen-bond acceptors (Lipinski definition) is 9. The highest BCUT2D eigenvalue weighted by atomic mass is 19.1. The number of unbranched alkanes of at least 4 members (excludes halogenated alkanes) is 2. The lowest BCUT2D eigenvalue weighted by molar-refractivity contribution is -0.136. The Morgan fingerprint density at radius 3 is 2.51 bits per heavy atom. The summed E-state index contributed by atoms with van der Waals surface area (Å²) in [7, 11) is 0. The van der Waals surface area contributed by atoms with Gasteiger partial charge in [0.15, 0.2) is 0 Å². The summed E-state index contributed by atoms with van der Waals surface area (Å²) >= 11 is 0. The van der Waals surface area contributed by atoms with E-state index in [0.29, 0.717) is 43.6 Å². The number of anilines is 1. The van der Waals surface area contributed by atoms with E-state index in [2.05, 4.69) is 65.3 Å². The number of para-hydroxylation sites is 1. The van der Waals surface area contributed by atoms with Gasteiger partial charge in [-0.2, -0.15) is 0 Å². The number of rotatable bonds is 12. The number of piperidine rings is 2. The summed E-state index contributed by atoms with van der Waals surface area (Å²) in [5, 5.41) is 3.62. The zero-order valence-electron chi connectivity index (χ0n) is 34.4. The Balaban J connectivity index is 0.723. The second-order valence-corrected chi connectivity index (χ2v) is 18.0. The van der Waals surface area contributed by atoms with Crippen molar-refractivity contribution in [1.82, 2.24) is 35.0 Å². The molecule has 59 heavy (non-hydrogen) atoms. The summed E-state index contributed by atoms with van der Waals surface area (Å²) in [4.78, 5) is 59.2. The third-order valence-electron chi connectivity index (χ3n) is 13.4. The number of H-pyrrole nitrogens is 1. The van der Waals surface area contributed by atoms with E-state index in [4.69, 9.17) is 4.74 Å². The van der Waals surface area contributed by atoms with Crippen LogP contribution in [-0.2, 0) is 22.6 Å². The molecule has 4 aromatic rings. The first-order valence-corrected chi connectivity index (χ1v) is 21.8. The number of carbonyl (C=O) groups is 3. The fourth-order valence-electron chi connectivity index (χ4n) is 10.5. The molecule has 0 radical (unpaired) electrons. The molecular weight excluding hydrogens is 748 g/mol. The SMILES string of the molecule is CC(C)(F)CN1CCc2c([nH]c3ccccc23)[C@H]1c1cnc(OCCCCCN2CCC3CCN(c4ccc5c(c4)CN(C4CCC(=O)NC4=O)C5=O)CCC3C2)nc1. The van der Waals surface area contributed by atoms with Gasteiger partial charge in [-0.05, 0) is 126 Å². The molecule has 0 saturated carbocycles. The normalized spacial score (nSPS) is 24.2. The molecule has 0 bridgehead atoms. The minimum atomic E-state index is -1.33. The van der Waals surface area contributed by atoms with Crippen molar-refractivity contribution < 1.29 is 23.5 Å². The van der Waals surface area contributed by atoms with Crippen molar-refractivity contribution in [3.8, 4) is 6.01 Å². The molecule has 3 fully saturated rings. The molecule has 5 aliphatic heterocycles. The summed E-state index contributed by atoms with van der Waals surface area (Å²) in [6.07, 6.45) is 11.9. The lowest BCUT2D eigenvalue weighted by atomic mass is 9.82. The number of benzene rings is 2. The fraction of sp³-hybridized carbons (Fsp3) is 0.543. The maximum absolute atomic E-state index is 15.0. The summed E-state index contributed by atoms with van der Waals surface area (Å²) in [6, 6.07) is 14.1. The van der Waals surface area contributed by atoms with Gasteiger partial charge in [0.2, 0.25) is 11.8 Å². The van der Waals surface area contributed by atoms with Gasteiger partial charge in [0, 0.05) is 91.5 Å². The topological polar surface area (TPSA) is 127 Å². The number of amides is 3. The average molecular weight is 805 g/mol. The molecule has 12 nitrogen and oxygen atoms in total. The number of aromatic amines is 1.